The zero-order valence-electron chi connectivity index (χ0n) is 11.0. The van der Waals surface area contributed by atoms with Gasteiger partial charge in [0.05, 0.1) is 11.0 Å². The van der Waals surface area contributed by atoms with Crippen LogP contribution in [0.5, 0.6) is 0 Å². The van der Waals surface area contributed by atoms with Crippen molar-refractivity contribution in [2.24, 2.45) is 0 Å². The number of anilines is 2. The van der Waals surface area contributed by atoms with Crippen LogP contribution in [0.2, 0.25) is 0 Å². The lowest BCUT2D eigenvalue weighted by Gasteiger charge is -2.00. The number of hydrogen-bond donors (Lipinski definition) is 2. The van der Waals surface area contributed by atoms with Gasteiger partial charge in [0, 0.05) is 5.69 Å². The van der Waals surface area contributed by atoms with Crippen LogP contribution in [0.25, 0.3) is 16.8 Å². The molecule has 0 aliphatic rings. The van der Waals surface area contributed by atoms with E-state index in [4.69, 9.17) is 0 Å². The van der Waals surface area contributed by atoms with E-state index < -0.39 is 0 Å². The lowest BCUT2D eigenvalue weighted by molar-refractivity contribution is 1.01. The Hall–Kier alpha value is -2.82. The van der Waals surface area contributed by atoms with Crippen LogP contribution < -0.4 is 5.32 Å². The number of para-hydroxylation sites is 1. The van der Waals surface area contributed by atoms with Crippen molar-refractivity contribution in [3.05, 3.63) is 54.1 Å². The Kier molecular flexibility index (Phi) is 2.26. The minimum Gasteiger partial charge on any atom is -0.325 e. The predicted molar refractivity (Wildman–Crippen MR) is 79.3 cm³/mol. The Bertz CT molecular complexity index is 889. The number of imidazole rings is 1. The van der Waals surface area contributed by atoms with Gasteiger partial charge in [0.15, 0.2) is 0 Å². The highest BCUT2D eigenvalue weighted by Gasteiger charge is 2.09. The maximum atomic E-state index is 4.52. The third kappa shape index (κ3) is 1.72. The Morgan fingerprint density at radius 1 is 1.05 bits per heavy atom. The smallest absolute Gasteiger partial charge is 0.253 e. The van der Waals surface area contributed by atoms with Gasteiger partial charge in [-0.2, -0.15) is 4.98 Å². The van der Waals surface area contributed by atoms with E-state index in [0.29, 0.717) is 11.7 Å². The topological polar surface area (TPSA) is 58.0 Å². The second-order valence-corrected chi connectivity index (χ2v) is 4.80. The van der Waals surface area contributed by atoms with Gasteiger partial charge in [-0.25, -0.2) is 9.50 Å². The summed E-state index contributed by atoms with van der Waals surface area (Å²) in [5.41, 5.74) is 4.17. The molecule has 0 aliphatic heterocycles. The number of fused-ring (bicyclic) bond motifs is 3. The fourth-order valence-electron chi connectivity index (χ4n) is 2.31. The van der Waals surface area contributed by atoms with Crippen LogP contribution in [-0.2, 0) is 0 Å². The summed E-state index contributed by atoms with van der Waals surface area (Å²) in [4.78, 5) is 8.98. The van der Waals surface area contributed by atoms with Crippen LogP contribution in [0.15, 0.2) is 48.5 Å². The molecule has 0 saturated carbocycles. The largest absolute Gasteiger partial charge is 0.325 e. The maximum absolute atomic E-state index is 4.52. The molecule has 98 valence electrons. The minimum absolute atomic E-state index is 0.670. The molecule has 0 aliphatic carbocycles. The van der Waals surface area contributed by atoms with Crippen LogP contribution in [0.3, 0.4) is 0 Å². The molecule has 4 rings (SSSR count). The Labute approximate surface area is 115 Å². The summed E-state index contributed by atoms with van der Waals surface area (Å²) in [6.07, 6.45) is 0. The third-order valence-electron chi connectivity index (χ3n) is 3.26. The highest BCUT2D eigenvalue weighted by molar-refractivity contribution is 5.80. The van der Waals surface area contributed by atoms with Gasteiger partial charge in [0.2, 0.25) is 5.95 Å². The van der Waals surface area contributed by atoms with Crippen molar-refractivity contribution in [3.63, 3.8) is 0 Å². The molecule has 0 unspecified atom stereocenters. The van der Waals surface area contributed by atoms with Crippen LogP contribution in [0.1, 0.15) is 5.56 Å². The molecule has 0 bridgehead atoms. The lowest BCUT2D eigenvalue weighted by atomic mass is 10.2. The molecular weight excluding hydrogens is 250 g/mol. The van der Waals surface area contributed by atoms with Crippen LogP contribution in [0, 0.1) is 6.92 Å². The molecule has 2 aromatic carbocycles. The molecule has 4 aromatic rings. The number of rotatable bonds is 2. The Morgan fingerprint density at radius 3 is 2.75 bits per heavy atom. The first kappa shape index (κ1) is 11.0. The van der Waals surface area contributed by atoms with Crippen LogP contribution >= 0.6 is 0 Å². The number of nitrogens with zero attached hydrogens (tertiary/aromatic N) is 3. The van der Waals surface area contributed by atoms with E-state index in [0.717, 1.165) is 16.7 Å². The molecule has 0 saturated heterocycles. The standard InChI is InChI=1S/C15H13N5/c1-10-7-8-13-12(9-10)17-15-18-14(19-20(13)15)16-11-5-3-2-4-6-11/h2-9H,1H3,(H2,16,17,18,19). The number of benzene rings is 2. The summed E-state index contributed by atoms with van der Waals surface area (Å²) in [7, 11) is 0. The summed E-state index contributed by atoms with van der Waals surface area (Å²) in [6.45, 7) is 2.06. The van der Waals surface area contributed by atoms with Gasteiger partial charge in [-0.1, -0.05) is 24.3 Å². The average molecular weight is 263 g/mol. The van der Waals surface area contributed by atoms with E-state index in [2.05, 4.69) is 45.5 Å². The number of aromatic nitrogens is 4. The Morgan fingerprint density at radius 2 is 1.90 bits per heavy atom. The Balaban J connectivity index is 1.79. The molecule has 2 N–H and O–H groups in total. The number of hydrogen-bond acceptors (Lipinski definition) is 3. The fraction of sp³-hybridized carbons (Fsp3) is 0.0667. The zero-order chi connectivity index (χ0) is 13.5. The second-order valence-electron chi connectivity index (χ2n) is 4.80. The molecule has 5 nitrogen and oxygen atoms in total. The first-order valence-electron chi connectivity index (χ1n) is 6.46. The van der Waals surface area contributed by atoms with Gasteiger partial charge in [-0.05, 0) is 36.8 Å². The van der Waals surface area contributed by atoms with Crippen LogP contribution in [0.4, 0.5) is 11.6 Å². The lowest BCUT2D eigenvalue weighted by Crippen LogP contribution is -1.93. The number of nitrogens with one attached hydrogen (secondary N) is 2. The van der Waals surface area contributed by atoms with Crippen molar-refractivity contribution >= 4 is 28.4 Å². The highest BCUT2D eigenvalue weighted by atomic mass is 15.4. The average Bonchev–Trinajstić information content (AvgIpc) is 2.96. The predicted octanol–water partition coefficient (Wildman–Crippen LogP) is 3.26. The SMILES string of the molecule is Cc1ccc2c(c1)nc1nc(Nc3ccccc3)[nH]n12. The molecule has 0 amide bonds. The normalized spacial score (nSPS) is 11.2. The quantitative estimate of drug-likeness (QED) is 0.583. The van der Waals surface area contributed by atoms with Crippen molar-refractivity contribution in [2.75, 3.05) is 5.32 Å². The van der Waals surface area contributed by atoms with Crippen molar-refractivity contribution in [3.8, 4) is 0 Å². The second kappa shape index (κ2) is 4.09. The van der Waals surface area contributed by atoms with Gasteiger partial charge >= 0.3 is 0 Å². The fourth-order valence-corrected chi connectivity index (χ4v) is 2.31. The van der Waals surface area contributed by atoms with Crippen molar-refractivity contribution in [2.45, 2.75) is 6.92 Å². The summed E-state index contributed by atoms with van der Waals surface area (Å²) in [5.74, 6) is 1.35. The first-order valence-corrected chi connectivity index (χ1v) is 6.46. The zero-order valence-corrected chi connectivity index (χ0v) is 11.0. The summed E-state index contributed by atoms with van der Waals surface area (Å²) < 4.78 is 1.89. The minimum atomic E-state index is 0.670. The van der Waals surface area contributed by atoms with E-state index in [-0.39, 0.29) is 0 Å². The van der Waals surface area contributed by atoms with Gasteiger partial charge in [-0.15, -0.1) is 0 Å². The molecular formula is C15H13N5. The van der Waals surface area contributed by atoms with Crippen molar-refractivity contribution in [1.82, 2.24) is 19.6 Å². The van der Waals surface area contributed by atoms with E-state index >= 15 is 0 Å². The first-order chi connectivity index (χ1) is 9.79. The molecule has 2 heterocycles. The monoisotopic (exact) mass is 263 g/mol. The van der Waals surface area contributed by atoms with Crippen molar-refractivity contribution < 1.29 is 0 Å². The van der Waals surface area contributed by atoms with E-state index in [9.17, 15) is 0 Å². The molecule has 5 heteroatoms. The summed E-state index contributed by atoms with van der Waals surface area (Å²) in [5, 5.41) is 6.45. The molecule has 0 atom stereocenters. The third-order valence-corrected chi connectivity index (χ3v) is 3.26. The van der Waals surface area contributed by atoms with E-state index in [1.807, 2.05) is 34.8 Å². The molecule has 0 radical (unpaired) electrons. The summed E-state index contributed by atoms with van der Waals surface area (Å²) in [6, 6.07) is 16.1. The number of H-pyrrole nitrogens is 1. The maximum Gasteiger partial charge on any atom is 0.253 e. The number of aromatic amines is 1. The molecule has 20 heavy (non-hydrogen) atoms. The van der Waals surface area contributed by atoms with Gasteiger partial charge < -0.3 is 5.32 Å². The molecule has 0 fully saturated rings. The summed E-state index contributed by atoms with van der Waals surface area (Å²) >= 11 is 0. The van der Waals surface area contributed by atoms with Gasteiger partial charge in [-0.3, -0.25) is 5.10 Å². The number of aryl methyl sites for hydroxylation is 1. The molecule has 2 aromatic heterocycles. The molecule has 0 spiro atoms. The van der Waals surface area contributed by atoms with E-state index in [1.165, 1.54) is 5.56 Å². The van der Waals surface area contributed by atoms with Crippen LogP contribution in [-0.4, -0.2) is 19.6 Å². The van der Waals surface area contributed by atoms with Gasteiger partial charge in [0.1, 0.15) is 0 Å². The van der Waals surface area contributed by atoms with Crippen molar-refractivity contribution in [1.29, 1.82) is 0 Å². The van der Waals surface area contributed by atoms with E-state index in [1.54, 1.807) is 0 Å². The van der Waals surface area contributed by atoms with Gasteiger partial charge in [0.25, 0.3) is 5.78 Å². The highest BCUT2D eigenvalue weighted by Crippen LogP contribution is 2.19.